The first kappa shape index (κ1) is 13.6. The maximum absolute atomic E-state index is 11.3. The molecule has 0 bridgehead atoms. The van der Waals surface area contributed by atoms with Gasteiger partial charge in [0.05, 0.1) is 5.92 Å². The summed E-state index contributed by atoms with van der Waals surface area (Å²) in [5, 5.41) is 11.7. The molecule has 2 heteroatoms. The summed E-state index contributed by atoms with van der Waals surface area (Å²) in [7, 11) is 0. The Morgan fingerprint density at radius 2 is 1.89 bits per heavy atom. The topological polar surface area (TPSA) is 37.3 Å². The molecule has 0 aliphatic carbocycles. The number of carboxylic acid groups (broad SMARTS) is 1. The third kappa shape index (κ3) is 3.57. The van der Waals surface area contributed by atoms with Gasteiger partial charge in [0.25, 0.3) is 0 Å². The zero-order valence-corrected chi connectivity index (χ0v) is 11.3. The van der Waals surface area contributed by atoms with Crippen LogP contribution in [-0.4, -0.2) is 11.1 Å². The fraction of sp³-hybridized carbons (Fsp3) is 0.353. The normalized spacial score (nSPS) is 12.5. The van der Waals surface area contributed by atoms with E-state index in [0.717, 1.165) is 24.8 Å². The van der Waals surface area contributed by atoms with E-state index in [9.17, 15) is 9.90 Å². The van der Waals surface area contributed by atoms with Crippen molar-refractivity contribution in [1.29, 1.82) is 0 Å². The first-order chi connectivity index (χ1) is 9.20. The summed E-state index contributed by atoms with van der Waals surface area (Å²) in [4.78, 5) is 11.3. The van der Waals surface area contributed by atoms with E-state index in [-0.39, 0.29) is 5.92 Å². The maximum Gasteiger partial charge on any atom is 0.306 e. The van der Waals surface area contributed by atoms with Crippen LogP contribution in [-0.2, 0) is 11.2 Å². The van der Waals surface area contributed by atoms with Gasteiger partial charge in [-0.2, -0.15) is 0 Å². The van der Waals surface area contributed by atoms with Crippen LogP contribution in [0.2, 0.25) is 0 Å². The van der Waals surface area contributed by atoms with Crippen molar-refractivity contribution in [2.75, 3.05) is 0 Å². The molecule has 100 valence electrons. The third-order valence-corrected chi connectivity index (χ3v) is 3.55. The van der Waals surface area contributed by atoms with Crippen molar-refractivity contribution in [3.8, 4) is 0 Å². The van der Waals surface area contributed by atoms with Crippen molar-refractivity contribution < 1.29 is 9.90 Å². The summed E-state index contributed by atoms with van der Waals surface area (Å²) in [6.07, 6.45) is 3.41. The second-order valence-corrected chi connectivity index (χ2v) is 5.06. The molecule has 1 unspecified atom stereocenters. The Morgan fingerprint density at radius 1 is 1.16 bits per heavy atom. The maximum atomic E-state index is 11.3. The van der Waals surface area contributed by atoms with Crippen molar-refractivity contribution >= 4 is 16.7 Å². The van der Waals surface area contributed by atoms with Crippen molar-refractivity contribution in [2.24, 2.45) is 5.92 Å². The quantitative estimate of drug-likeness (QED) is 0.837. The summed E-state index contributed by atoms with van der Waals surface area (Å²) in [6.45, 7) is 2.09. The number of carbonyl (C=O) groups is 1. The first-order valence-electron chi connectivity index (χ1n) is 6.91. The van der Waals surface area contributed by atoms with Gasteiger partial charge in [0.1, 0.15) is 0 Å². The number of unbranched alkanes of at least 4 members (excludes halogenated alkanes) is 1. The van der Waals surface area contributed by atoms with Crippen LogP contribution >= 0.6 is 0 Å². The van der Waals surface area contributed by atoms with Gasteiger partial charge in [0, 0.05) is 0 Å². The molecule has 1 atom stereocenters. The Balaban J connectivity index is 2.16. The molecule has 0 heterocycles. The van der Waals surface area contributed by atoms with Crippen LogP contribution in [0.1, 0.15) is 31.7 Å². The Hall–Kier alpha value is -1.83. The van der Waals surface area contributed by atoms with E-state index in [2.05, 4.69) is 31.2 Å². The number of hydrogen-bond donors (Lipinski definition) is 1. The zero-order valence-electron chi connectivity index (χ0n) is 11.3. The monoisotopic (exact) mass is 256 g/mol. The summed E-state index contributed by atoms with van der Waals surface area (Å²) in [5.41, 5.74) is 1.11. The van der Waals surface area contributed by atoms with E-state index >= 15 is 0 Å². The van der Waals surface area contributed by atoms with E-state index in [4.69, 9.17) is 0 Å². The first-order valence-corrected chi connectivity index (χ1v) is 6.91. The Labute approximate surface area is 114 Å². The molecule has 0 saturated heterocycles. The molecule has 0 radical (unpaired) electrons. The summed E-state index contributed by atoms with van der Waals surface area (Å²) in [6, 6.07) is 14.4. The van der Waals surface area contributed by atoms with Crippen molar-refractivity contribution in [2.45, 2.75) is 32.6 Å². The molecule has 2 aromatic rings. The highest BCUT2D eigenvalue weighted by Crippen LogP contribution is 2.20. The molecule has 1 N–H and O–H groups in total. The molecule has 0 aliphatic heterocycles. The molecule has 2 nitrogen and oxygen atoms in total. The lowest BCUT2D eigenvalue weighted by Crippen LogP contribution is -2.16. The molecule has 0 aliphatic rings. The molecular formula is C17H20O2. The molecule has 0 fully saturated rings. The molecule has 2 aromatic carbocycles. The number of hydrogen-bond acceptors (Lipinski definition) is 1. The lowest BCUT2D eigenvalue weighted by molar-refractivity contribution is -0.141. The van der Waals surface area contributed by atoms with Gasteiger partial charge >= 0.3 is 5.97 Å². The van der Waals surface area contributed by atoms with Gasteiger partial charge in [-0.1, -0.05) is 62.2 Å². The fourth-order valence-corrected chi connectivity index (χ4v) is 2.41. The molecular weight excluding hydrogens is 236 g/mol. The Kier molecular flexibility index (Phi) is 4.56. The van der Waals surface area contributed by atoms with E-state index in [1.54, 1.807) is 0 Å². The van der Waals surface area contributed by atoms with Crippen LogP contribution in [0, 0.1) is 5.92 Å². The number of fused-ring (bicyclic) bond motifs is 1. The lowest BCUT2D eigenvalue weighted by atomic mass is 9.93. The van der Waals surface area contributed by atoms with Crippen LogP contribution in [0.25, 0.3) is 10.8 Å². The number of benzene rings is 2. The minimum absolute atomic E-state index is 0.263. The van der Waals surface area contributed by atoms with Crippen LogP contribution < -0.4 is 0 Å². The van der Waals surface area contributed by atoms with Gasteiger partial charge in [-0.15, -0.1) is 0 Å². The van der Waals surface area contributed by atoms with Gasteiger partial charge in [-0.25, -0.2) is 0 Å². The minimum atomic E-state index is -0.679. The zero-order chi connectivity index (χ0) is 13.7. The van der Waals surface area contributed by atoms with Gasteiger partial charge < -0.3 is 5.11 Å². The lowest BCUT2D eigenvalue weighted by Gasteiger charge is -2.12. The summed E-state index contributed by atoms with van der Waals surface area (Å²) in [5.74, 6) is -0.942. The van der Waals surface area contributed by atoms with E-state index in [1.807, 2.05) is 18.2 Å². The fourth-order valence-electron chi connectivity index (χ4n) is 2.41. The van der Waals surface area contributed by atoms with E-state index in [0.29, 0.717) is 6.42 Å². The minimum Gasteiger partial charge on any atom is -0.481 e. The van der Waals surface area contributed by atoms with Crippen LogP contribution in [0.4, 0.5) is 0 Å². The Morgan fingerprint density at radius 3 is 2.58 bits per heavy atom. The average molecular weight is 256 g/mol. The number of rotatable bonds is 6. The third-order valence-electron chi connectivity index (χ3n) is 3.55. The second-order valence-electron chi connectivity index (χ2n) is 5.06. The van der Waals surface area contributed by atoms with E-state index in [1.165, 1.54) is 10.8 Å². The molecule has 0 saturated carbocycles. The predicted octanol–water partition coefficient (Wildman–Crippen LogP) is 4.27. The highest BCUT2D eigenvalue weighted by atomic mass is 16.4. The van der Waals surface area contributed by atoms with Crippen LogP contribution in [0.3, 0.4) is 0 Å². The van der Waals surface area contributed by atoms with Gasteiger partial charge in [-0.3, -0.25) is 4.79 Å². The van der Waals surface area contributed by atoms with Gasteiger partial charge in [0.15, 0.2) is 0 Å². The van der Waals surface area contributed by atoms with Crippen LogP contribution in [0.5, 0.6) is 0 Å². The van der Waals surface area contributed by atoms with Gasteiger partial charge in [-0.05, 0) is 29.2 Å². The summed E-state index contributed by atoms with van der Waals surface area (Å²) >= 11 is 0. The SMILES string of the molecule is CCCCC(Cc1ccc2ccccc2c1)C(=O)O. The molecule has 0 aromatic heterocycles. The van der Waals surface area contributed by atoms with Gasteiger partial charge in [0.2, 0.25) is 0 Å². The predicted molar refractivity (Wildman–Crippen MR) is 78.3 cm³/mol. The highest BCUT2D eigenvalue weighted by Gasteiger charge is 2.17. The summed E-state index contributed by atoms with van der Waals surface area (Å²) < 4.78 is 0. The second kappa shape index (κ2) is 6.37. The largest absolute Gasteiger partial charge is 0.481 e. The van der Waals surface area contributed by atoms with Crippen molar-refractivity contribution in [3.63, 3.8) is 0 Å². The molecule has 19 heavy (non-hydrogen) atoms. The number of carboxylic acids is 1. The standard InChI is InChI=1S/C17H20O2/c1-2-3-6-16(17(18)19)12-13-9-10-14-7-4-5-8-15(14)11-13/h4-5,7-11,16H,2-3,6,12H2,1H3,(H,18,19). The molecule has 2 rings (SSSR count). The van der Waals surface area contributed by atoms with E-state index < -0.39 is 5.97 Å². The van der Waals surface area contributed by atoms with Crippen molar-refractivity contribution in [3.05, 3.63) is 48.0 Å². The number of aliphatic carboxylic acids is 1. The van der Waals surface area contributed by atoms with Crippen molar-refractivity contribution in [1.82, 2.24) is 0 Å². The highest BCUT2D eigenvalue weighted by molar-refractivity contribution is 5.83. The van der Waals surface area contributed by atoms with Crippen LogP contribution in [0.15, 0.2) is 42.5 Å². The average Bonchev–Trinajstić information content (AvgIpc) is 2.43. The molecule has 0 amide bonds. The Bertz CT molecular complexity index is 560. The molecule has 0 spiro atoms. The smallest absolute Gasteiger partial charge is 0.306 e.